The Bertz CT molecular complexity index is 591. The van der Waals surface area contributed by atoms with Crippen molar-refractivity contribution >= 4 is 12.0 Å². The third-order valence-electron chi connectivity index (χ3n) is 5.55. The number of hydrogen-bond acceptors (Lipinski definition) is 3. The molecule has 4 heteroatoms. The number of carboxylic acid groups (broad SMARTS) is 1. The molecule has 2 aliphatic rings. The maximum absolute atomic E-state index is 10.6. The Morgan fingerprint density at radius 2 is 1.84 bits per heavy atom. The van der Waals surface area contributed by atoms with Gasteiger partial charge in [-0.15, -0.1) is 0 Å². The normalized spacial score (nSPS) is 29.4. The number of carboxylic acids is 1. The van der Waals surface area contributed by atoms with E-state index in [9.17, 15) is 4.79 Å². The van der Waals surface area contributed by atoms with Crippen molar-refractivity contribution in [2.24, 2.45) is 5.92 Å². The zero-order valence-electron chi connectivity index (χ0n) is 15.1. The molecule has 3 N–H and O–H groups in total. The molecule has 2 saturated carbocycles. The molecule has 4 nitrogen and oxygen atoms in total. The van der Waals surface area contributed by atoms with Gasteiger partial charge in [0, 0.05) is 18.1 Å². The van der Waals surface area contributed by atoms with E-state index < -0.39 is 5.97 Å². The average Bonchev–Trinajstić information content (AvgIpc) is 3.39. The minimum atomic E-state index is -0.765. The summed E-state index contributed by atoms with van der Waals surface area (Å²) in [7, 11) is 0. The summed E-state index contributed by atoms with van der Waals surface area (Å²) in [5.41, 5.74) is 2.86. The maximum Gasteiger partial charge on any atom is 0.317 e. The molecule has 2 fully saturated rings. The van der Waals surface area contributed by atoms with Gasteiger partial charge >= 0.3 is 5.97 Å². The van der Waals surface area contributed by atoms with Crippen molar-refractivity contribution in [3.8, 4) is 0 Å². The molecule has 0 spiro atoms. The Morgan fingerprint density at radius 3 is 2.48 bits per heavy atom. The summed E-state index contributed by atoms with van der Waals surface area (Å²) in [4.78, 5) is 10.6. The molecule has 1 aromatic rings. The van der Waals surface area contributed by atoms with Gasteiger partial charge in [-0.25, -0.2) is 0 Å². The van der Waals surface area contributed by atoms with E-state index in [0.29, 0.717) is 24.0 Å². The largest absolute Gasteiger partial charge is 0.480 e. The molecule has 0 radical (unpaired) electrons. The van der Waals surface area contributed by atoms with Gasteiger partial charge < -0.3 is 15.7 Å². The number of carbonyl (C=O) groups is 1. The van der Waals surface area contributed by atoms with Crippen LogP contribution < -0.4 is 10.6 Å². The van der Waals surface area contributed by atoms with Crippen LogP contribution in [0.25, 0.3) is 6.08 Å². The van der Waals surface area contributed by atoms with Crippen molar-refractivity contribution in [3.63, 3.8) is 0 Å². The Balaban J connectivity index is 1.44. The fraction of sp³-hybridized carbons (Fsp3) is 0.571. The van der Waals surface area contributed by atoms with E-state index in [2.05, 4.69) is 54.0 Å². The van der Waals surface area contributed by atoms with Crippen molar-refractivity contribution in [2.45, 2.75) is 63.6 Å². The van der Waals surface area contributed by atoms with E-state index in [-0.39, 0.29) is 6.54 Å². The first kappa shape index (κ1) is 18.2. The van der Waals surface area contributed by atoms with Crippen LogP contribution in [0.3, 0.4) is 0 Å². The van der Waals surface area contributed by atoms with E-state index in [0.717, 1.165) is 32.1 Å². The standard InChI is InChI=1S/C21H30N2O2/c1-2-16(12-15-6-4-3-5-7-15)19-13-20(19)23-18-10-8-17(9-11-18)22-14-21(24)25/h3-7,12,17-20,22-23H,2,8-11,13-14H2,1H3,(H,24,25)/b16-12+/t17-,18-,19-,20+/m0/s1. The topological polar surface area (TPSA) is 61.4 Å². The molecule has 2 aliphatic carbocycles. The summed E-state index contributed by atoms with van der Waals surface area (Å²) < 4.78 is 0. The molecule has 25 heavy (non-hydrogen) atoms. The first-order chi connectivity index (χ1) is 12.2. The summed E-state index contributed by atoms with van der Waals surface area (Å²) in [6.45, 7) is 2.33. The van der Waals surface area contributed by atoms with Crippen LogP contribution >= 0.6 is 0 Å². The quantitative estimate of drug-likeness (QED) is 0.677. The SMILES string of the molecule is CC/C(=C\c1ccccc1)[C@@H]1C[C@H]1N[C@H]1CC[C@H](NCC(=O)O)CC1. The second-order valence-corrected chi connectivity index (χ2v) is 7.42. The highest BCUT2D eigenvalue weighted by atomic mass is 16.4. The molecule has 0 bridgehead atoms. The summed E-state index contributed by atoms with van der Waals surface area (Å²) in [5, 5.41) is 15.7. The van der Waals surface area contributed by atoms with Crippen LogP contribution in [-0.2, 0) is 4.79 Å². The fourth-order valence-corrected chi connectivity index (χ4v) is 4.02. The third-order valence-corrected chi connectivity index (χ3v) is 5.55. The van der Waals surface area contributed by atoms with Gasteiger partial charge in [0.05, 0.1) is 6.54 Å². The van der Waals surface area contributed by atoms with Crippen molar-refractivity contribution in [1.29, 1.82) is 0 Å². The predicted molar refractivity (Wildman–Crippen MR) is 101 cm³/mol. The van der Waals surface area contributed by atoms with E-state index in [1.165, 1.54) is 12.0 Å². The van der Waals surface area contributed by atoms with Gasteiger partial charge in [-0.05, 0) is 50.0 Å². The van der Waals surface area contributed by atoms with Crippen LogP contribution in [0.5, 0.6) is 0 Å². The summed E-state index contributed by atoms with van der Waals surface area (Å²) in [6, 6.07) is 12.2. The molecule has 0 saturated heterocycles. The van der Waals surface area contributed by atoms with Crippen molar-refractivity contribution in [1.82, 2.24) is 10.6 Å². The molecule has 0 aliphatic heterocycles. The third kappa shape index (κ3) is 5.41. The number of benzene rings is 1. The Morgan fingerprint density at radius 1 is 1.16 bits per heavy atom. The van der Waals surface area contributed by atoms with Crippen LogP contribution in [0.4, 0.5) is 0 Å². The molecule has 0 aromatic heterocycles. The lowest BCUT2D eigenvalue weighted by Crippen LogP contribution is -2.42. The summed E-state index contributed by atoms with van der Waals surface area (Å²) in [5.74, 6) is -0.0774. The monoisotopic (exact) mass is 342 g/mol. The number of nitrogens with one attached hydrogen (secondary N) is 2. The molecule has 0 heterocycles. The van der Waals surface area contributed by atoms with Crippen molar-refractivity contribution in [2.75, 3.05) is 6.54 Å². The van der Waals surface area contributed by atoms with E-state index in [1.54, 1.807) is 5.57 Å². The average molecular weight is 342 g/mol. The van der Waals surface area contributed by atoms with Crippen molar-refractivity contribution < 1.29 is 9.90 Å². The summed E-state index contributed by atoms with van der Waals surface area (Å²) in [6.07, 6.45) is 9.16. The first-order valence-corrected chi connectivity index (χ1v) is 9.62. The predicted octanol–water partition coefficient (Wildman–Crippen LogP) is 3.44. The molecule has 3 rings (SSSR count). The molecule has 2 atom stereocenters. The van der Waals surface area contributed by atoms with Crippen LogP contribution in [0.15, 0.2) is 35.9 Å². The van der Waals surface area contributed by atoms with Gasteiger partial charge in [-0.2, -0.15) is 0 Å². The van der Waals surface area contributed by atoms with E-state index >= 15 is 0 Å². The second kappa shape index (κ2) is 8.63. The Kier molecular flexibility index (Phi) is 6.27. The van der Waals surface area contributed by atoms with Gasteiger partial charge in [0.2, 0.25) is 0 Å². The van der Waals surface area contributed by atoms with Crippen LogP contribution in [0.1, 0.15) is 51.0 Å². The number of hydrogen-bond donors (Lipinski definition) is 3. The zero-order chi connectivity index (χ0) is 17.6. The number of aliphatic carboxylic acids is 1. The maximum atomic E-state index is 10.6. The Labute approximate surface area is 150 Å². The molecule has 1 aromatic carbocycles. The first-order valence-electron chi connectivity index (χ1n) is 9.62. The molecule has 136 valence electrons. The highest BCUT2D eigenvalue weighted by Crippen LogP contribution is 2.40. The lowest BCUT2D eigenvalue weighted by atomic mass is 9.91. The van der Waals surface area contributed by atoms with Gasteiger partial charge in [0.15, 0.2) is 0 Å². The van der Waals surface area contributed by atoms with Gasteiger partial charge in [0.25, 0.3) is 0 Å². The number of rotatable bonds is 8. The lowest BCUT2D eigenvalue weighted by Gasteiger charge is -2.29. The highest BCUT2D eigenvalue weighted by molar-refractivity contribution is 5.69. The zero-order valence-corrected chi connectivity index (χ0v) is 15.1. The van der Waals surface area contributed by atoms with Crippen LogP contribution in [-0.4, -0.2) is 35.7 Å². The van der Waals surface area contributed by atoms with Gasteiger partial charge in [0.1, 0.15) is 0 Å². The smallest absolute Gasteiger partial charge is 0.317 e. The molecular formula is C21H30N2O2. The van der Waals surface area contributed by atoms with E-state index in [4.69, 9.17) is 5.11 Å². The molecular weight excluding hydrogens is 312 g/mol. The van der Waals surface area contributed by atoms with Gasteiger partial charge in [-0.3, -0.25) is 4.79 Å². The minimum Gasteiger partial charge on any atom is -0.480 e. The molecule has 0 unspecified atom stereocenters. The Hall–Kier alpha value is -1.65. The highest BCUT2D eigenvalue weighted by Gasteiger charge is 2.40. The summed E-state index contributed by atoms with van der Waals surface area (Å²) >= 11 is 0. The lowest BCUT2D eigenvalue weighted by molar-refractivity contribution is -0.136. The van der Waals surface area contributed by atoms with Gasteiger partial charge in [-0.1, -0.05) is 48.9 Å². The van der Waals surface area contributed by atoms with Crippen molar-refractivity contribution in [3.05, 3.63) is 41.5 Å². The minimum absolute atomic E-state index is 0.0810. The second-order valence-electron chi connectivity index (χ2n) is 7.42. The fourth-order valence-electron chi connectivity index (χ4n) is 4.02. The van der Waals surface area contributed by atoms with Crippen LogP contribution in [0.2, 0.25) is 0 Å². The van der Waals surface area contributed by atoms with Crippen LogP contribution in [0, 0.1) is 5.92 Å². The molecule has 0 amide bonds. The van der Waals surface area contributed by atoms with E-state index in [1.807, 2.05) is 0 Å².